The van der Waals surface area contributed by atoms with Crippen LogP contribution in [0.3, 0.4) is 0 Å². The summed E-state index contributed by atoms with van der Waals surface area (Å²) in [6.45, 7) is 5.91. The number of hydrogen-bond acceptors (Lipinski definition) is 5. The Balaban J connectivity index is 1.51. The topological polar surface area (TPSA) is 90.9 Å². The number of carbonyl (C=O) groups is 2. The lowest BCUT2D eigenvalue weighted by Crippen LogP contribution is -2.76. The number of rotatable bonds is 3. The minimum absolute atomic E-state index is 0.0222. The molecule has 31 heavy (non-hydrogen) atoms. The Morgan fingerprint density at radius 1 is 1.26 bits per heavy atom. The molecule has 3 spiro atoms. The van der Waals surface area contributed by atoms with Gasteiger partial charge in [-0.1, -0.05) is 17.7 Å². The Labute approximate surface area is 181 Å². The zero-order chi connectivity index (χ0) is 21.8. The Morgan fingerprint density at radius 2 is 2.06 bits per heavy atom. The van der Waals surface area contributed by atoms with Gasteiger partial charge in [-0.25, -0.2) is 4.79 Å². The van der Waals surface area contributed by atoms with E-state index in [0.29, 0.717) is 19.3 Å². The first-order valence-electron chi connectivity index (χ1n) is 11.1. The SMILES string of the molecule is COc1ccc2c(c1)[C@]13CC24CN(CC=C(C)C)[C@H]4[C@]1(O)CC[C@@]1(C3)NC(=O)NC1=O. The molecule has 6 rings (SSSR count). The van der Waals surface area contributed by atoms with Crippen molar-refractivity contribution in [3.63, 3.8) is 0 Å². The van der Waals surface area contributed by atoms with Crippen molar-refractivity contribution in [1.29, 1.82) is 0 Å². The molecule has 2 bridgehead atoms. The van der Waals surface area contributed by atoms with E-state index in [4.69, 9.17) is 4.74 Å². The fourth-order valence-electron chi connectivity index (χ4n) is 7.77. The molecule has 3 aliphatic carbocycles. The van der Waals surface area contributed by atoms with Gasteiger partial charge in [0.05, 0.1) is 18.8 Å². The van der Waals surface area contributed by atoms with Gasteiger partial charge >= 0.3 is 6.03 Å². The maximum Gasteiger partial charge on any atom is 0.322 e. The van der Waals surface area contributed by atoms with Crippen molar-refractivity contribution in [3.8, 4) is 5.75 Å². The Morgan fingerprint density at radius 3 is 2.74 bits per heavy atom. The first kappa shape index (κ1) is 19.3. The van der Waals surface area contributed by atoms with Gasteiger partial charge in [0, 0.05) is 23.9 Å². The third-order valence-corrected chi connectivity index (χ3v) is 8.84. The molecule has 0 aromatic heterocycles. The van der Waals surface area contributed by atoms with Gasteiger partial charge in [-0.05, 0) is 62.8 Å². The highest BCUT2D eigenvalue weighted by Crippen LogP contribution is 2.74. The lowest BCUT2D eigenvalue weighted by atomic mass is 9.52. The number of hydrogen-bond donors (Lipinski definition) is 3. The number of aliphatic hydroxyl groups is 1. The number of benzene rings is 1. The van der Waals surface area contributed by atoms with Crippen LogP contribution in [0.25, 0.3) is 0 Å². The van der Waals surface area contributed by atoms with Crippen molar-refractivity contribution in [2.75, 3.05) is 20.2 Å². The summed E-state index contributed by atoms with van der Waals surface area (Å²) in [6.07, 6.45) is 4.38. The summed E-state index contributed by atoms with van der Waals surface area (Å²) in [6, 6.07) is 5.80. The molecular weight excluding hydrogens is 394 g/mol. The molecule has 7 nitrogen and oxygen atoms in total. The Kier molecular flexibility index (Phi) is 3.55. The second-order valence-corrected chi connectivity index (χ2v) is 10.5. The van der Waals surface area contributed by atoms with Crippen LogP contribution >= 0.6 is 0 Å². The van der Waals surface area contributed by atoms with E-state index in [2.05, 4.69) is 47.6 Å². The van der Waals surface area contributed by atoms with Crippen LogP contribution in [0.5, 0.6) is 5.75 Å². The highest BCUT2D eigenvalue weighted by Gasteiger charge is 2.82. The molecule has 2 saturated heterocycles. The Hall–Kier alpha value is -2.38. The number of carbonyl (C=O) groups excluding carboxylic acids is 2. The van der Waals surface area contributed by atoms with Crippen LogP contribution in [0.4, 0.5) is 4.79 Å². The molecular formula is C24H29N3O4. The quantitative estimate of drug-likeness (QED) is 0.509. The van der Waals surface area contributed by atoms with E-state index in [-0.39, 0.29) is 17.4 Å². The number of ether oxygens (including phenoxy) is 1. The average molecular weight is 424 g/mol. The van der Waals surface area contributed by atoms with E-state index in [1.807, 2.05) is 6.07 Å². The van der Waals surface area contributed by atoms with E-state index in [1.165, 1.54) is 11.1 Å². The van der Waals surface area contributed by atoms with Gasteiger partial charge in [-0.3, -0.25) is 15.0 Å². The van der Waals surface area contributed by atoms with Crippen LogP contribution in [-0.4, -0.2) is 59.3 Å². The molecule has 3 amide bonds. The molecule has 1 unspecified atom stereocenters. The number of likely N-dealkylation sites (tertiary alicyclic amines) is 1. The van der Waals surface area contributed by atoms with Crippen molar-refractivity contribution in [2.24, 2.45) is 0 Å². The number of nitrogens with one attached hydrogen (secondary N) is 2. The van der Waals surface area contributed by atoms with Crippen molar-refractivity contribution < 1.29 is 19.4 Å². The molecule has 5 aliphatic rings. The van der Waals surface area contributed by atoms with Crippen molar-refractivity contribution >= 4 is 11.9 Å². The van der Waals surface area contributed by atoms with Crippen LogP contribution in [-0.2, 0) is 15.6 Å². The number of imide groups is 1. The third-order valence-electron chi connectivity index (χ3n) is 8.84. The van der Waals surface area contributed by atoms with Gasteiger partial charge in [0.2, 0.25) is 0 Å². The minimum atomic E-state index is -0.955. The van der Waals surface area contributed by atoms with Crippen LogP contribution < -0.4 is 15.4 Å². The first-order valence-corrected chi connectivity index (χ1v) is 11.1. The third kappa shape index (κ3) is 2.07. The average Bonchev–Trinajstić information content (AvgIpc) is 3.21. The second kappa shape index (κ2) is 5.70. The molecule has 5 atom stereocenters. The molecule has 3 N–H and O–H groups in total. The molecule has 1 aromatic rings. The molecule has 1 aromatic carbocycles. The van der Waals surface area contributed by atoms with Crippen molar-refractivity contribution in [3.05, 3.63) is 41.0 Å². The number of amides is 3. The van der Waals surface area contributed by atoms with Gasteiger partial charge in [-0.15, -0.1) is 0 Å². The molecule has 2 saturated carbocycles. The fourth-order valence-corrected chi connectivity index (χ4v) is 7.77. The van der Waals surface area contributed by atoms with Gasteiger partial charge in [0.25, 0.3) is 5.91 Å². The number of nitrogens with zero attached hydrogens (tertiary/aromatic N) is 1. The normalized spacial score (nSPS) is 41.7. The number of methoxy groups -OCH3 is 1. The summed E-state index contributed by atoms with van der Waals surface area (Å²) in [5, 5.41) is 17.7. The van der Waals surface area contributed by atoms with Crippen molar-refractivity contribution in [1.82, 2.24) is 15.5 Å². The van der Waals surface area contributed by atoms with Crippen LogP contribution in [0, 0.1) is 0 Å². The van der Waals surface area contributed by atoms with E-state index >= 15 is 0 Å². The number of urea groups is 1. The van der Waals surface area contributed by atoms with Crippen molar-refractivity contribution in [2.45, 2.75) is 67.5 Å². The smallest absolute Gasteiger partial charge is 0.322 e. The molecule has 4 fully saturated rings. The predicted molar refractivity (Wildman–Crippen MR) is 114 cm³/mol. The van der Waals surface area contributed by atoms with E-state index in [0.717, 1.165) is 30.8 Å². The van der Waals surface area contributed by atoms with Gasteiger partial charge < -0.3 is 15.2 Å². The maximum absolute atomic E-state index is 12.9. The van der Waals surface area contributed by atoms with Crippen LogP contribution in [0.15, 0.2) is 29.8 Å². The minimum Gasteiger partial charge on any atom is -0.497 e. The van der Waals surface area contributed by atoms with Crippen LogP contribution in [0.1, 0.15) is 50.7 Å². The fraction of sp³-hybridized carbons (Fsp3) is 0.583. The lowest BCUT2D eigenvalue weighted by molar-refractivity contribution is -0.157. The highest BCUT2D eigenvalue weighted by atomic mass is 16.5. The summed E-state index contributed by atoms with van der Waals surface area (Å²) < 4.78 is 5.53. The maximum atomic E-state index is 12.9. The largest absolute Gasteiger partial charge is 0.497 e. The van der Waals surface area contributed by atoms with E-state index in [1.54, 1.807) is 7.11 Å². The van der Waals surface area contributed by atoms with Gasteiger partial charge in [-0.2, -0.15) is 0 Å². The van der Waals surface area contributed by atoms with E-state index in [9.17, 15) is 14.7 Å². The van der Waals surface area contributed by atoms with Gasteiger partial charge in [0.15, 0.2) is 0 Å². The molecule has 2 aliphatic heterocycles. The van der Waals surface area contributed by atoms with E-state index < -0.39 is 22.6 Å². The molecule has 2 heterocycles. The van der Waals surface area contributed by atoms with Crippen LogP contribution in [0.2, 0.25) is 0 Å². The monoisotopic (exact) mass is 423 g/mol. The summed E-state index contributed by atoms with van der Waals surface area (Å²) in [7, 11) is 1.65. The molecule has 0 radical (unpaired) electrons. The number of fused-ring (bicyclic) bond motifs is 2. The molecule has 164 valence electrons. The Bertz CT molecular complexity index is 1060. The second-order valence-electron chi connectivity index (χ2n) is 10.5. The molecule has 7 heteroatoms. The summed E-state index contributed by atoms with van der Waals surface area (Å²) in [5.41, 5.74) is 1.04. The zero-order valence-corrected chi connectivity index (χ0v) is 18.2. The lowest BCUT2D eigenvalue weighted by Gasteiger charge is -2.63. The summed E-state index contributed by atoms with van der Waals surface area (Å²) >= 11 is 0. The predicted octanol–water partition coefficient (Wildman–Crippen LogP) is 1.73. The summed E-state index contributed by atoms with van der Waals surface area (Å²) in [4.78, 5) is 27.3. The first-order chi connectivity index (χ1) is 14.7. The summed E-state index contributed by atoms with van der Waals surface area (Å²) in [5.74, 6) is 0.496. The highest BCUT2D eigenvalue weighted by molar-refractivity contribution is 6.07. The zero-order valence-electron chi connectivity index (χ0n) is 18.2. The number of allylic oxidation sites excluding steroid dienone is 1. The van der Waals surface area contributed by atoms with Gasteiger partial charge in [0.1, 0.15) is 11.3 Å². The standard InChI is InChI=1S/C24H29N3O4/c1-14(2)6-9-27-13-21-11-22(17-10-15(31-3)4-5-16(17)21)12-23(19(28)25-20(29)26-23)7-8-24(22,30)18(21)27/h4-6,10,18,30H,7-9,11-13H2,1-3H3,(H2,25,26,28,29)/t18-,21?,22-,23+,24-/m1/s1.